The lowest BCUT2D eigenvalue weighted by atomic mass is 10.2. The molecule has 0 aliphatic heterocycles. The van der Waals surface area contributed by atoms with E-state index in [2.05, 4.69) is 20.4 Å². The Balaban J connectivity index is 1.55. The Kier molecular flexibility index (Phi) is 5.50. The molecule has 0 atom stereocenters. The number of fused-ring (bicyclic) bond motifs is 1. The molecule has 0 aliphatic carbocycles. The quantitative estimate of drug-likeness (QED) is 0.441. The Morgan fingerprint density at radius 2 is 2.14 bits per heavy atom. The molecular formula is C20H18N4O3S2. The molecule has 0 radical (unpaired) electrons. The van der Waals surface area contributed by atoms with E-state index < -0.39 is 0 Å². The van der Waals surface area contributed by atoms with Gasteiger partial charge in [-0.25, -0.2) is 9.97 Å². The van der Waals surface area contributed by atoms with Crippen LogP contribution >= 0.6 is 23.1 Å². The highest BCUT2D eigenvalue weighted by molar-refractivity contribution is 7.98. The number of benzene rings is 1. The maximum Gasteiger partial charge on any atom is 0.260 e. The van der Waals surface area contributed by atoms with Gasteiger partial charge in [-0.2, -0.15) is 0 Å². The molecule has 0 saturated heterocycles. The molecule has 9 heteroatoms. The standard InChI is InChI=1S/C20H18N4O3S2/c1-11-14(12(2)27-24-11)10-28-19-13(6-5-9-21-19)18(25)23-20-22-17-15(26-3)7-4-8-16(17)29-20/h4-9H,10H2,1-3H3,(H,22,23,25). The van der Waals surface area contributed by atoms with Crippen molar-refractivity contribution in [2.45, 2.75) is 24.6 Å². The number of thiazole rings is 1. The van der Waals surface area contributed by atoms with Crippen molar-refractivity contribution in [2.75, 3.05) is 12.4 Å². The first-order chi connectivity index (χ1) is 14.1. The number of nitrogens with zero attached hydrogens (tertiary/aromatic N) is 3. The largest absolute Gasteiger partial charge is 0.494 e. The van der Waals surface area contributed by atoms with Gasteiger partial charge in [0.2, 0.25) is 0 Å². The number of pyridine rings is 1. The van der Waals surface area contributed by atoms with Crippen LogP contribution < -0.4 is 10.1 Å². The zero-order valence-corrected chi connectivity index (χ0v) is 17.7. The number of carbonyl (C=O) groups excluding carboxylic acids is 1. The van der Waals surface area contributed by atoms with Crippen molar-refractivity contribution in [3.8, 4) is 5.75 Å². The number of amides is 1. The number of para-hydroxylation sites is 1. The molecule has 0 bridgehead atoms. The molecule has 29 heavy (non-hydrogen) atoms. The summed E-state index contributed by atoms with van der Waals surface area (Å²) in [5, 5.41) is 8.01. The highest BCUT2D eigenvalue weighted by Gasteiger charge is 2.17. The molecule has 3 aromatic heterocycles. The van der Waals surface area contributed by atoms with Crippen molar-refractivity contribution in [1.29, 1.82) is 0 Å². The van der Waals surface area contributed by atoms with Gasteiger partial charge < -0.3 is 9.26 Å². The van der Waals surface area contributed by atoms with Gasteiger partial charge in [-0.15, -0.1) is 11.8 Å². The molecule has 0 spiro atoms. The predicted octanol–water partition coefficient (Wildman–Crippen LogP) is 4.85. The second-order valence-electron chi connectivity index (χ2n) is 6.23. The molecular weight excluding hydrogens is 408 g/mol. The van der Waals surface area contributed by atoms with Crippen LogP contribution in [0.3, 0.4) is 0 Å². The molecule has 3 heterocycles. The van der Waals surface area contributed by atoms with E-state index in [1.54, 1.807) is 25.4 Å². The van der Waals surface area contributed by atoms with Crippen molar-refractivity contribution in [3.63, 3.8) is 0 Å². The van der Waals surface area contributed by atoms with E-state index in [4.69, 9.17) is 9.26 Å². The van der Waals surface area contributed by atoms with Gasteiger partial charge in [-0.1, -0.05) is 22.6 Å². The fourth-order valence-electron chi connectivity index (χ4n) is 2.83. The second kappa shape index (κ2) is 8.22. The number of aryl methyl sites for hydroxylation is 2. The summed E-state index contributed by atoms with van der Waals surface area (Å²) < 4.78 is 11.5. The number of hydrogen-bond donors (Lipinski definition) is 1. The average Bonchev–Trinajstić information content (AvgIpc) is 3.28. The van der Waals surface area contributed by atoms with E-state index in [9.17, 15) is 4.79 Å². The van der Waals surface area contributed by atoms with E-state index in [-0.39, 0.29) is 5.91 Å². The summed E-state index contributed by atoms with van der Waals surface area (Å²) >= 11 is 2.87. The van der Waals surface area contributed by atoms with Crippen LogP contribution in [0.4, 0.5) is 5.13 Å². The Labute approximate surface area is 175 Å². The van der Waals surface area contributed by atoms with Crippen molar-refractivity contribution in [2.24, 2.45) is 0 Å². The fraction of sp³-hybridized carbons (Fsp3) is 0.200. The molecule has 0 fully saturated rings. The third-order valence-electron chi connectivity index (χ3n) is 4.37. The Morgan fingerprint density at radius 1 is 1.28 bits per heavy atom. The summed E-state index contributed by atoms with van der Waals surface area (Å²) in [7, 11) is 1.60. The van der Waals surface area contributed by atoms with Gasteiger partial charge in [0.25, 0.3) is 5.91 Å². The minimum Gasteiger partial charge on any atom is -0.494 e. The summed E-state index contributed by atoms with van der Waals surface area (Å²) in [5.74, 6) is 1.82. The third-order valence-corrected chi connectivity index (χ3v) is 6.34. The van der Waals surface area contributed by atoms with Crippen molar-refractivity contribution >= 4 is 44.4 Å². The number of hydrogen-bond acceptors (Lipinski definition) is 8. The molecule has 0 aliphatic rings. The summed E-state index contributed by atoms with van der Waals surface area (Å²) in [4.78, 5) is 21.8. The topological polar surface area (TPSA) is 90.1 Å². The number of thioether (sulfide) groups is 1. The number of aromatic nitrogens is 3. The van der Waals surface area contributed by atoms with Crippen LogP contribution in [-0.4, -0.2) is 28.1 Å². The summed E-state index contributed by atoms with van der Waals surface area (Å²) in [6.07, 6.45) is 1.68. The highest BCUT2D eigenvalue weighted by Crippen LogP contribution is 2.33. The molecule has 1 N–H and O–H groups in total. The third kappa shape index (κ3) is 3.96. The zero-order chi connectivity index (χ0) is 20.4. The van der Waals surface area contributed by atoms with E-state index >= 15 is 0 Å². The lowest BCUT2D eigenvalue weighted by Gasteiger charge is -2.07. The number of anilines is 1. The minimum absolute atomic E-state index is 0.252. The van der Waals surface area contributed by atoms with Gasteiger partial charge in [-0.05, 0) is 38.1 Å². The number of nitrogens with one attached hydrogen (secondary N) is 1. The molecule has 1 amide bonds. The van der Waals surface area contributed by atoms with Crippen LogP contribution in [0, 0.1) is 13.8 Å². The summed E-state index contributed by atoms with van der Waals surface area (Å²) in [5.41, 5.74) is 3.09. The molecule has 7 nitrogen and oxygen atoms in total. The molecule has 4 aromatic rings. The van der Waals surface area contributed by atoms with Gasteiger partial charge in [0.15, 0.2) is 5.13 Å². The first kappa shape index (κ1) is 19.4. The highest BCUT2D eigenvalue weighted by atomic mass is 32.2. The van der Waals surface area contributed by atoms with E-state index in [1.165, 1.54) is 23.1 Å². The van der Waals surface area contributed by atoms with E-state index in [1.807, 2.05) is 32.0 Å². The average molecular weight is 427 g/mol. The molecule has 148 valence electrons. The van der Waals surface area contributed by atoms with Gasteiger partial charge in [0.1, 0.15) is 22.1 Å². The number of methoxy groups -OCH3 is 1. The smallest absolute Gasteiger partial charge is 0.260 e. The van der Waals surface area contributed by atoms with Crippen LogP contribution in [-0.2, 0) is 5.75 Å². The van der Waals surface area contributed by atoms with Crippen LogP contribution in [0.5, 0.6) is 5.75 Å². The normalized spacial score (nSPS) is 11.0. The van der Waals surface area contributed by atoms with Crippen LogP contribution in [0.2, 0.25) is 0 Å². The summed E-state index contributed by atoms with van der Waals surface area (Å²) in [6, 6.07) is 9.19. The maximum absolute atomic E-state index is 12.9. The lowest BCUT2D eigenvalue weighted by Crippen LogP contribution is -2.13. The van der Waals surface area contributed by atoms with Crippen LogP contribution in [0.25, 0.3) is 10.2 Å². The van der Waals surface area contributed by atoms with Crippen LogP contribution in [0.1, 0.15) is 27.4 Å². The second-order valence-corrected chi connectivity index (χ2v) is 8.22. The zero-order valence-electron chi connectivity index (χ0n) is 16.1. The Morgan fingerprint density at radius 3 is 2.90 bits per heavy atom. The maximum atomic E-state index is 12.9. The Hall–Kier alpha value is -2.91. The monoisotopic (exact) mass is 426 g/mol. The number of carbonyl (C=O) groups is 1. The number of rotatable bonds is 6. The van der Waals surface area contributed by atoms with Gasteiger partial charge >= 0.3 is 0 Å². The minimum atomic E-state index is -0.252. The van der Waals surface area contributed by atoms with Gasteiger partial charge in [0, 0.05) is 17.5 Å². The first-order valence-electron chi connectivity index (χ1n) is 8.81. The molecule has 0 saturated carbocycles. The molecule has 0 unspecified atom stereocenters. The molecule has 1 aromatic carbocycles. The predicted molar refractivity (Wildman–Crippen MR) is 114 cm³/mol. The lowest BCUT2D eigenvalue weighted by molar-refractivity contribution is 0.102. The molecule has 4 rings (SSSR count). The van der Waals surface area contributed by atoms with Gasteiger partial charge in [0.05, 0.1) is 23.1 Å². The Bertz CT molecular complexity index is 1170. The van der Waals surface area contributed by atoms with E-state index in [0.717, 1.165) is 27.2 Å². The number of ether oxygens (including phenoxy) is 1. The van der Waals surface area contributed by atoms with Crippen molar-refractivity contribution in [1.82, 2.24) is 15.1 Å². The van der Waals surface area contributed by atoms with E-state index in [0.29, 0.717) is 27.2 Å². The van der Waals surface area contributed by atoms with Crippen LogP contribution in [0.15, 0.2) is 46.1 Å². The first-order valence-corrected chi connectivity index (χ1v) is 10.6. The summed E-state index contributed by atoms with van der Waals surface area (Å²) in [6.45, 7) is 3.78. The SMILES string of the molecule is COc1cccc2sc(NC(=O)c3cccnc3SCc3c(C)noc3C)nc12. The van der Waals surface area contributed by atoms with Gasteiger partial charge in [-0.3, -0.25) is 10.1 Å². The van der Waals surface area contributed by atoms with Crippen molar-refractivity contribution < 1.29 is 14.1 Å². The van der Waals surface area contributed by atoms with Crippen molar-refractivity contribution in [3.05, 3.63) is 59.1 Å². The fourth-order valence-corrected chi connectivity index (χ4v) is 4.86.